The molecule has 0 saturated carbocycles. The lowest BCUT2D eigenvalue weighted by molar-refractivity contribution is -0.870. The number of halogens is 1. The Kier molecular flexibility index (Phi) is 9.20. The molecule has 0 aromatic rings. The third-order valence-corrected chi connectivity index (χ3v) is 1.18. The van der Waals surface area contributed by atoms with Crippen LogP contribution in [0.1, 0.15) is 19.8 Å². The average molecular weight is 166 g/mol. The van der Waals surface area contributed by atoms with Crippen molar-refractivity contribution in [3.63, 3.8) is 0 Å². The minimum atomic E-state index is -0.194. The molecule has 0 amide bonds. The van der Waals surface area contributed by atoms with Crippen molar-refractivity contribution >= 4 is 10.6 Å². The summed E-state index contributed by atoms with van der Waals surface area (Å²) >= 11 is 0. The predicted molar refractivity (Wildman–Crippen MR) is 48.9 cm³/mol. The maximum absolute atomic E-state index is 9.64. The molecule has 0 atom stereocenters. The first-order valence-corrected chi connectivity index (χ1v) is 4.50. The zero-order valence-electron chi connectivity index (χ0n) is 7.95. The van der Waals surface area contributed by atoms with Crippen LogP contribution >= 0.6 is 0 Å². The molecule has 0 bridgehead atoms. The van der Waals surface area contributed by atoms with Crippen molar-refractivity contribution in [2.75, 3.05) is 27.7 Å². The third kappa shape index (κ3) is 15.7. The summed E-state index contributed by atoms with van der Waals surface area (Å²) in [4.78, 5) is 0. The molecule has 0 N–H and O–H groups in total. The van der Waals surface area contributed by atoms with Gasteiger partial charge in [-0.1, -0.05) is 13.3 Å². The van der Waals surface area contributed by atoms with Crippen molar-refractivity contribution in [2.24, 2.45) is 0 Å². The van der Waals surface area contributed by atoms with Crippen LogP contribution in [0.25, 0.3) is 0 Å². The number of rotatable bonds is 3. The molecule has 64 valence electrons. The molecule has 0 aliphatic carbocycles. The molecule has 0 radical (unpaired) electrons. The average Bonchev–Trinajstić information content (AvgIpc) is 1.87. The number of quaternary nitrogens is 1. The van der Waals surface area contributed by atoms with E-state index >= 15 is 0 Å². The normalized spacial score (nSPS) is 10.5. The summed E-state index contributed by atoms with van der Waals surface area (Å²) < 4.78 is 10.7. The molecule has 1 nitrogen and oxygen atoms in total. The van der Waals surface area contributed by atoms with Crippen molar-refractivity contribution in [1.29, 1.82) is 0 Å². The summed E-state index contributed by atoms with van der Waals surface area (Å²) in [6, 6.07) is 0. The molecule has 0 saturated heterocycles. The van der Waals surface area contributed by atoms with E-state index in [1.807, 2.05) is 0 Å². The molecule has 3 heteroatoms. The fraction of sp³-hybridized carbons (Fsp3) is 1.00. The third-order valence-electron chi connectivity index (χ3n) is 1.18. The van der Waals surface area contributed by atoms with Gasteiger partial charge in [0.25, 0.3) is 0 Å². The second-order valence-electron chi connectivity index (χ2n) is 3.37. The maximum atomic E-state index is 9.64. The van der Waals surface area contributed by atoms with E-state index in [2.05, 4.69) is 28.1 Å². The summed E-state index contributed by atoms with van der Waals surface area (Å²) in [5.41, 5.74) is 0. The minimum Gasteiger partial charge on any atom is -0.331 e. The van der Waals surface area contributed by atoms with Gasteiger partial charge in [-0.25, -0.2) is 0 Å². The van der Waals surface area contributed by atoms with Crippen LogP contribution in [-0.2, 0) is 0 Å². The molecule has 0 rings (SSSR count). The van der Waals surface area contributed by atoms with Gasteiger partial charge < -0.3 is 8.59 Å². The number of unbranched alkanes of at least 4 members (excludes halogenated alkanes) is 1. The first-order valence-electron chi connectivity index (χ1n) is 3.74. The molecule has 0 unspecified atom stereocenters. The Balaban J connectivity index is 0. The number of hydrogen-bond acceptors (Lipinski definition) is 0. The molecule has 0 heterocycles. The summed E-state index contributed by atoms with van der Waals surface area (Å²) in [6.45, 7) is 3.53. The first-order chi connectivity index (χ1) is 4.56. The van der Waals surface area contributed by atoms with E-state index in [1.165, 1.54) is 19.4 Å². The Labute approximate surface area is 67.4 Å². The van der Waals surface area contributed by atoms with Crippen LogP contribution in [0.5, 0.6) is 0 Å². The molecule has 0 aliphatic rings. The zero-order chi connectivity index (χ0) is 8.62. The molecular formula is C7H21FNSi+. The van der Waals surface area contributed by atoms with E-state index in [0.717, 1.165) is 4.48 Å². The fourth-order valence-corrected chi connectivity index (χ4v) is 0.632. The van der Waals surface area contributed by atoms with Crippen LogP contribution in [0.3, 0.4) is 0 Å². The molecule has 0 fully saturated rings. The second-order valence-corrected chi connectivity index (χ2v) is 3.37. The van der Waals surface area contributed by atoms with E-state index < -0.39 is 0 Å². The molecule has 0 aliphatic heterocycles. The van der Waals surface area contributed by atoms with Gasteiger partial charge in [0.15, 0.2) is 0 Å². The van der Waals surface area contributed by atoms with E-state index in [4.69, 9.17) is 0 Å². The van der Waals surface area contributed by atoms with E-state index in [0.29, 0.717) is 0 Å². The fourth-order valence-electron chi connectivity index (χ4n) is 0.632. The lowest BCUT2D eigenvalue weighted by atomic mass is 10.3. The highest BCUT2D eigenvalue weighted by atomic mass is 28.2. The van der Waals surface area contributed by atoms with Crippen molar-refractivity contribution < 1.29 is 8.59 Å². The van der Waals surface area contributed by atoms with Crippen LogP contribution in [-0.4, -0.2) is 42.7 Å². The summed E-state index contributed by atoms with van der Waals surface area (Å²) in [5, 5.41) is 0. The molecular weight excluding hydrogens is 145 g/mol. The molecule has 0 spiro atoms. The lowest BCUT2D eigenvalue weighted by Crippen LogP contribution is -2.35. The van der Waals surface area contributed by atoms with Gasteiger partial charge in [0.05, 0.1) is 27.7 Å². The van der Waals surface area contributed by atoms with Gasteiger partial charge in [0.2, 0.25) is 10.6 Å². The zero-order valence-corrected chi connectivity index (χ0v) is 9.95. The SMILES string of the molecule is CCCC[N+](C)(C)C.F[SiH3]. The van der Waals surface area contributed by atoms with Crippen molar-refractivity contribution in [1.82, 2.24) is 0 Å². The lowest BCUT2D eigenvalue weighted by Gasteiger charge is -2.23. The largest absolute Gasteiger partial charge is 0.331 e. The van der Waals surface area contributed by atoms with E-state index in [-0.39, 0.29) is 10.6 Å². The van der Waals surface area contributed by atoms with E-state index in [9.17, 15) is 4.11 Å². The van der Waals surface area contributed by atoms with Gasteiger partial charge >= 0.3 is 0 Å². The Bertz CT molecular complexity index is 61.1. The molecule has 0 aromatic carbocycles. The van der Waals surface area contributed by atoms with Crippen LogP contribution in [0.4, 0.5) is 4.11 Å². The minimum absolute atomic E-state index is 0.194. The van der Waals surface area contributed by atoms with Crippen molar-refractivity contribution in [3.05, 3.63) is 0 Å². The molecule has 10 heavy (non-hydrogen) atoms. The number of hydrogen-bond donors (Lipinski definition) is 0. The summed E-state index contributed by atoms with van der Waals surface area (Å²) in [7, 11) is 6.50. The second kappa shape index (κ2) is 7.22. The van der Waals surface area contributed by atoms with Crippen LogP contribution in [0.2, 0.25) is 0 Å². The Morgan fingerprint density at radius 2 is 1.60 bits per heavy atom. The maximum Gasteiger partial charge on any atom is 0.201 e. The Hall–Kier alpha value is 0.107. The highest BCUT2D eigenvalue weighted by molar-refractivity contribution is 5.96. The predicted octanol–water partition coefficient (Wildman–Crippen LogP) is 0.729. The van der Waals surface area contributed by atoms with Gasteiger partial charge in [-0.05, 0) is 6.42 Å². The molecule has 0 aromatic heterocycles. The Morgan fingerprint density at radius 3 is 1.70 bits per heavy atom. The van der Waals surface area contributed by atoms with Crippen LogP contribution in [0.15, 0.2) is 0 Å². The van der Waals surface area contributed by atoms with Gasteiger partial charge in [-0.3, -0.25) is 0 Å². The van der Waals surface area contributed by atoms with Crippen LogP contribution < -0.4 is 0 Å². The highest BCUT2D eigenvalue weighted by Crippen LogP contribution is 1.94. The van der Waals surface area contributed by atoms with Gasteiger partial charge in [-0.2, -0.15) is 0 Å². The smallest absolute Gasteiger partial charge is 0.201 e. The van der Waals surface area contributed by atoms with E-state index in [1.54, 1.807) is 0 Å². The standard InChI is InChI=1S/C7H18N.FH3Si/c1-5-6-7-8(2,3)4;1-2/h5-7H2,1-4H3;2H3/q+1;. The van der Waals surface area contributed by atoms with Gasteiger partial charge in [0.1, 0.15) is 0 Å². The summed E-state index contributed by atoms with van der Waals surface area (Å²) in [5.74, 6) is 0. The van der Waals surface area contributed by atoms with Crippen molar-refractivity contribution in [2.45, 2.75) is 19.8 Å². The number of nitrogens with zero attached hydrogens (tertiary/aromatic N) is 1. The topological polar surface area (TPSA) is 0 Å². The first kappa shape index (κ1) is 12.8. The van der Waals surface area contributed by atoms with Gasteiger partial charge in [-0.15, -0.1) is 0 Å². The quantitative estimate of drug-likeness (QED) is 0.329. The van der Waals surface area contributed by atoms with Gasteiger partial charge in [0, 0.05) is 0 Å². The highest BCUT2D eigenvalue weighted by Gasteiger charge is 2.02. The van der Waals surface area contributed by atoms with Crippen LogP contribution in [0, 0.1) is 0 Å². The summed E-state index contributed by atoms with van der Waals surface area (Å²) in [6.07, 6.45) is 2.67. The monoisotopic (exact) mass is 166 g/mol. The van der Waals surface area contributed by atoms with Crippen molar-refractivity contribution in [3.8, 4) is 0 Å². The Morgan fingerprint density at radius 1 is 1.20 bits per heavy atom.